The molecule has 0 saturated heterocycles. The molecule has 0 aliphatic rings. The predicted molar refractivity (Wildman–Crippen MR) is 68.5 cm³/mol. The lowest BCUT2D eigenvalue weighted by Crippen LogP contribution is -2.50. The zero-order valence-electron chi connectivity index (χ0n) is 11.1. The van der Waals surface area contributed by atoms with Crippen LogP contribution in [-0.4, -0.2) is 35.2 Å². The molecule has 0 spiro atoms. The Bertz CT molecular complexity index is 503. The van der Waals surface area contributed by atoms with Crippen molar-refractivity contribution in [2.24, 2.45) is 12.8 Å². The van der Waals surface area contributed by atoms with E-state index in [0.717, 1.165) is 11.4 Å². The highest BCUT2D eigenvalue weighted by molar-refractivity contribution is 7.92. The van der Waals surface area contributed by atoms with Gasteiger partial charge in [0.05, 0.1) is 10.4 Å². The van der Waals surface area contributed by atoms with Gasteiger partial charge >= 0.3 is 0 Å². The van der Waals surface area contributed by atoms with Gasteiger partial charge in [0.2, 0.25) is 0 Å². The standard InChI is InChI=1S/C11H21N3O2S/c1-8-6-9(14(4)13-8)7-10(12)11(2,3)17(5,15)16/h6,10H,7,12H2,1-5H3. The third-order valence-electron chi connectivity index (χ3n) is 3.38. The van der Waals surface area contributed by atoms with Gasteiger partial charge in [-0.1, -0.05) is 0 Å². The van der Waals surface area contributed by atoms with Crippen LogP contribution in [-0.2, 0) is 23.3 Å². The Morgan fingerprint density at radius 3 is 2.41 bits per heavy atom. The molecule has 1 heterocycles. The molecule has 0 aliphatic carbocycles. The SMILES string of the molecule is Cc1cc(CC(N)C(C)(C)S(C)(=O)=O)n(C)n1. The van der Waals surface area contributed by atoms with Crippen LogP contribution in [0.4, 0.5) is 0 Å². The monoisotopic (exact) mass is 259 g/mol. The van der Waals surface area contributed by atoms with E-state index in [2.05, 4.69) is 5.10 Å². The van der Waals surface area contributed by atoms with Crippen LogP contribution in [0.25, 0.3) is 0 Å². The van der Waals surface area contributed by atoms with Gasteiger partial charge in [-0.2, -0.15) is 5.10 Å². The molecule has 1 aromatic rings. The molecule has 1 unspecified atom stereocenters. The number of nitrogens with two attached hydrogens (primary N) is 1. The Morgan fingerprint density at radius 1 is 1.53 bits per heavy atom. The maximum absolute atomic E-state index is 11.7. The quantitative estimate of drug-likeness (QED) is 0.850. The van der Waals surface area contributed by atoms with Crippen LogP contribution in [0.2, 0.25) is 0 Å². The minimum absolute atomic E-state index is 0.452. The number of hydrogen-bond donors (Lipinski definition) is 1. The summed E-state index contributed by atoms with van der Waals surface area (Å²) in [5, 5.41) is 4.22. The van der Waals surface area contributed by atoms with E-state index in [-0.39, 0.29) is 0 Å². The normalized spacial score (nSPS) is 14.9. The molecule has 0 bridgehead atoms. The summed E-state index contributed by atoms with van der Waals surface area (Å²) >= 11 is 0. The van der Waals surface area contributed by atoms with Crippen molar-refractivity contribution >= 4 is 9.84 Å². The molecule has 0 amide bonds. The van der Waals surface area contributed by atoms with Crippen LogP contribution in [0.5, 0.6) is 0 Å². The third-order valence-corrected chi connectivity index (χ3v) is 5.59. The van der Waals surface area contributed by atoms with Crippen LogP contribution in [0, 0.1) is 6.92 Å². The van der Waals surface area contributed by atoms with Gasteiger partial charge < -0.3 is 5.73 Å². The minimum Gasteiger partial charge on any atom is -0.326 e. The van der Waals surface area contributed by atoms with Crippen molar-refractivity contribution in [2.75, 3.05) is 6.26 Å². The minimum atomic E-state index is -3.18. The summed E-state index contributed by atoms with van der Waals surface area (Å²) in [6, 6.07) is 1.48. The molecular formula is C11H21N3O2S. The molecule has 98 valence electrons. The highest BCUT2D eigenvalue weighted by Gasteiger charge is 2.37. The van der Waals surface area contributed by atoms with E-state index in [1.54, 1.807) is 18.5 Å². The van der Waals surface area contributed by atoms with Gasteiger partial charge in [-0.05, 0) is 26.8 Å². The third kappa shape index (κ3) is 2.87. The first-order valence-corrected chi connectivity index (χ1v) is 7.39. The van der Waals surface area contributed by atoms with Crippen molar-refractivity contribution in [2.45, 2.75) is 38.0 Å². The average molecular weight is 259 g/mol. The lowest BCUT2D eigenvalue weighted by atomic mass is 9.99. The van der Waals surface area contributed by atoms with Crippen molar-refractivity contribution in [3.63, 3.8) is 0 Å². The molecule has 6 heteroatoms. The Hall–Kier alpha value is -0.880. The van der Waals surface area contributed by atoms with E-state index in [1.165, 1.54) is 6.26 Å². The number of aromatic nitrogens is 2. The number of aryl methyl sites for hydroxylation is 2. The second kappa shape index (κ2) is 4.42. The van der Waals surface area contributed by atoms with Crippen LogP contribution >= 0.6 is 0 Å². The van der Waals surface area contributed by atoms with Crippen LogP contribution in [0.15, 0.2) is 6.07 Å². The average Bonchev–Trinajstić information content (AvgIpc) is 2.43. The van der Waals surface area contributed by atoms with Crippen molar-refractivity contribution in [3.05, 3.63) is 17.5 Å². The summed E-state index contributed by atoms with van der Waals surface area (Å²) in [7, 11) is -1.35. The molecular weight excluding hydrogens is 238 g/mol. The summed E-state index contributed by atoms with van der Waals surface area (Å²) < 4.78 is 24.1. The van der Waals surface area contributed by atoms with E-state index in [0.29, 0.717) is 6.42 Å². The second-order valence-electron chi connectivity index (χ2n) is 5.09. The number of hydrogen-bond acceptors (Lipinski definition) is 4. The molecule has 1 atom stereocenters. The van der Waals surface area contributed by atoms with Gasteiger partial charge in [0, 0.05) is 31.5 Å². The van der Waals surface area contributed by atoms with E-state index in [9.17, 15) is 8.42 Å². The van der Waals surface area contributed by atoms with Crippen LogP contribution < -0.4 is 5.73 Å². The van der Waals surface area contributed by atoms with Crippen LogP contribution in [0.1, 0.15) is 25.2 Å². The molecule has 0 aliphatic heterocycles. The van der Waals surface area contributed by atoms with E-state index >= 15 is 0 Å². The largest absolute Gasteiger partial charge is 0.326 e. The summed E-state index contributed by atoms with van der Waals surface area (Å²) in [6.45, 7) is 5.23. The van der Waals surface area contributed by atoms with E-state index < -0.39 is 20.6 Å². The van der Waals surface area contributed by atoms with Gasteiger partial charge in [0.1, 0.15) is 0 Å². The van der Waals surface area contributed by atoms with Crippen LogP contribution in [0.3, 0.4) is 0 Å². The zero-order chi connectivity index (χ0) is 13.4. The zero-order valence-corrected chi connectivity index (χ0v) is 11.9. The van der Waals surface area contributed by atoms with E-state index in [4.69, 9.17) is 5.73 Å². The summed E-state index contributed by atoms with van der Waals surface area (Å²) in [5.41, 5.74) is 7.89. The van der Waals surface area contributed by atoms with Crippen molar-refractivity contribution in [3.8, 4) is 0 Å². The van der Waals surface area contributed by atoms with Gasteiger partial charge in [-0.15, -0.1) is 0 Å². The Balaban J connectivity index is 2.94. The first-order chi connectivity index (χ1) is 7.55. The maximum atomic E-state index is 11.7. The van der Waals surface area contributed by atoms with Gasteiger partial charge in [-0.25, -0.2) is 8.42 Å². The topological polar surface area (TPSA) is 78.0 Å². The molecule has 0 fully saturated rings. The second-order valence-corrected chi connectivity index (χ2v) is 7.68. The number of nitrogens with zero attached hydrogens (tertiary/aromatic N) is 2. The number of sulfone groups is 1. The van der Waals surface area contributed by atoms with Gasteiger partial charge in [0.25, 0.3) is 0 Å². The Morgan fingerprint density at radius 2 is 2.06 bits per heavy atom. The fourth-order valence-electron chi connectivity index (χ4n) is 1.60. The fraction of sp³-hybridized carbons (Fsp3) is 0.727. The molecule has 5 nitrogen and oxygen atoms in total. The van der Waals surface area contributed by atoms with Gasteiger partial charge in [0.15, 0.2) is 9.84 Å². The molecule has 0 radical (unpaired) electrons. The lowest BCUT2D eigenvalue weighted by Gasteiger charge is -2.29. The van der Waals surface area contributed by atoms with Crippen molar-refractivity contribution in [1.82, 2.24) is 9.78 Å². The lowest BCUT2D eigenvalue weighted by molar-refractivity contribution is 0.473. The predicted octanol–water partition coefficient (Wildman–Crippen LogP) is 0.422. The van der Waals surface area contributed by atoms with E-state index in [1.807, 2.05) is 20.0 Å². The number of rotatable bonds is 4. The summed E-state index contributed by atoms with van der Waals surface area (Å²) in [4.78, 5) is 0. The molecule has 2 N–H and O–H groups in total. The molecule has 1 aromatic heterocycles. The Kier molecular flexibility index (Phi) is 3.69. The van der Waals surface area contributed by atoms with Gasteiger partial charge in [-0.3, -0.25) is 4.68 Å². The van der Waals surface area contributed by atoms with Crippen molar-refractivity contribution < 1.29 is 8.42 Å². The first kappa shape index (κ1) is 14.2. The first-order valence-electron chi connectivity index (χ1n) is 5.50. The fourth-order valence-corrected chi connectivity index (χ4v) is 2.23. The Labute approximate surface area is 103 Å². The molecule has 1 rings (SSSR count). The smallest absolute Gasteiger partial charge is 0.154 e. The van der Waals surface area contributed by atoms with Crippen molar-refractivity contribution in [1.29, 1.82) is 0 Å². The highest BCUT2D eigenvalue weighted by Crippen LogP contribution is 2.21. The molecule has 0 saturated carbocycles. The summed E-state index contributed by atoms with van der Waals surface area (Å²) in [6.07, 6.45) is 1.72. The molecule has 0 aromatic carbocycles. The maximum Gasteiger partial charge on any atom is 0.154 e. The highest BCUT2D eigenvalue weighted by atomic mass is 32.2. The summed E-state index contributed by atoms with van der Waals surface area (Å²) in [5.74, 6) is 0. The molecule has 17 heavy (non-hydrogen) atoms.